The van der Waals surface area contributed by atoms with Crippen molar-refractivity contribution in [2.24, 2.45) is 5.92 Å². The Kier molecular flexibility index (Phi) is 5.34. The lowest BCUT2D eigenvalue weighted by molar-refractivity contribution is -0.127. The molecule has 1 aromatic rings. The maximum atomic E-state index is 12.3. The van der Waals surface area contributed by atoms with Crippen molar-refractivity contribution >= 4 is 12.0 Å². The number of carbonyl (C=O) groups excluding carboxylic acids is 2. The summed E-state index contributed by atoms with van der Waals surface area (Å²) < 4.78 is 10.7. The lowest BCUT2D eigenvalue weighted by Crippen LogP contribution is -2.45. The number of carbonyl (C=O) groups is 2. The van der Waals surface area contributed by atoms with Crippen LogP contribution in [0.5, 0.6) is 0 Å². The molecule has 0 unspecified atom stereocenters. The summed E-state index contributed by atoms with van der Waals surface area (Å²) in [5.41, 5.74) is -0.496. The van der Waals surface area contributed by atoms with E-state index in [1.807, 2.05) is 33.8 Å². The van der Waals surface area contributed by atoms with Gasteiger partial charge >= 0.3 is 6.09 Å². The molecule has 0 saturated carbocycles. The van der Waals surface area contributed by atoms with Crippen molar-refractivity contribution < 1.29 is 18.7 Å². The maximum Gasteiger partial charge on any atom is 0.410 e. The Morgan fingerprint density at radius 3 is 2.52 bits per heavy atom. The van der Waals surface area contributed by atoms with E-state index in [1.165, 1.54) is 0 Å². The number of likely N-dealkylation sites (tertiary alicyclic amines) is 1. The van der Waals surface area contributed by atoms with Crippen molar-refractivity contribution in [1.82, 2.24) is 10.2 Å². The zero-order valence-corrected chi connectivity index (χ0v) is 14.3. The highest BCUT2D eigenvalue weighted by molar-refractivity contribution is 5.79. The number of hydrogen-bond acceptors (Lipinski definition) is 4. The highest BCUT2D eigenvalue weighted by Crippen LogP contribution is 2.21. The van der Waals surface area contributed by atoms with E-state index < -0.39 is 5.60 Å². The van der Waals surface area contributed by atoms with E-state index in [1.54, 1.807) is 17.2 Å². The number of nitrogens with one attached hydrogen (secondary N) is 1. The smallest absolute Gasteiger partial charge is 0.410 e. The predicted molar refractivity (Wildman–Crippen MR) is 85.8 cm³/mol. The van der Waals surface area contributed by atoms with Crippen molar-refractivity contribution in [3.05, 3.63) is 24.2 Å². The van der Waals surface area contributed by atoms with Gasteiger partial charge in [-0.25, -0.2) is 4.79 Å². The second-order valence-electron chi connectivity index (χ2n) is 6.99. The summed E-state index contributed by atoms with van der Waals surface area (Å²) in [5.74, 6) is 0.674. The topological polar surface area (TPSA) is 71.8 Å². The van der Waals surface area contributed by atoms with Crippen LogP contribution in [0.25, 0.3) is 0 Å². The predicted octanol–water partition coefficient (Wildman–Crippen LogP) is 3.10. The van der Waals surface area contributed by atoms with Crippen molar-refractivity contribution in [3.63, 3.8) is 0 Å². The molecule has 6 nitrogen and oxygen atoms in total. The third-order valence-corrected chi connectivity index (χ3v) is 3.85. The monoisotopic (exact) mass is 322 g/mol. The van der Waals surface area contributed by atoms with Crippen LogP contribution in [0, 0.1) is 5.92 Å². The van der Waals surface area contributed by atoms with Gasteiger partial charge in [0.25, 0.3) is 0 Å². The first-order valence-corrected chi connectivity index (χ1v) is 8.08. The van der Waals surface area contributed by atoms with Crippen LogP contribution in [0.15, 0.2) is 22.8 Å². The first kappa shape index (κ1) is 17.4. The van der Waals surface area contributed by atoms with Crippen LogP contribution in [0.3, 0.4) is 0 Å². The molecular weight excluding hydrogens is 296 g/mol. The molecule has 0 aromatic carbocycles. The standard InChI is InChI=1S/C17H26N2O4/c1-12(14-6-5-11-22-14)18-15(20)13-7-9-19(10-8-13)16(21)23-17(2,3)4/h5-6,11-13H,7-10H2,1-4H3,(H,18,20)/t12-/m0/s1. The molecule has 6 heteroatoms. The van der Waals surface area contributed by atoms with E-state index in [-0.39, 0.29) is 24.0 Å². The molecule has 2 rings (SSSR count). The van der Waals surface area contributed by atoms with E-state index in [4.69, 9.17) is 9.15 Å². The van der Waals surface area contributed by atoms with Crippen LogP contribution in [0.2, 0.25) is 0 Å². The van der Waals surface area contributed by atoms with E-state index >= 15 is 0 Å². The molecule has 1 aliphatic heterocycles. The number of piperidine rings is 1. The molecule has 0 radical (unpaired) electrons. The van der Waals surface area contributed by atoms with E-state index in [0.717, 1.165) is 5.76 Å². The van der Waals surface area contributed by atoms with Crippen molar-refractivity contribution in [2.75, 3.05) is 13.1 Å². The summed E-state index contributed by atoms with van der Waals surface area (Å²) in [6.45, 7) is 8.53. The number of furan rings is 1. The van der Waals surface area contributed by atoms with Gasteiger partial charge < -0.3 is 19.4 Å². The number of rotatable bonds is 3. The molecule has 1 fully saturated rings. The Balaban J connectivity index is 1.79. The molecule has 0 aliphatic carbocycles. The van der Waals surface area contributed by atoms with Gasteiger partial charge in [-0.15, -0.1) is 0 Å². The molecular formula is C17H26N2O4. The second-order valence-corrected chi connectivity index (χ2v) is 6.99. The van der Waals surface area contributed by atoms with Crippen LogP contribution < -0.4 is 5.32 Å². The third kappa shape index (κ3) is 5.01. The van der Waals surface area contributed by atoms with Crippen molar-refractivity contribution in [3.8, 4) is 0 Å². The SMILES string of the molecule is C[C@H](NC(=O)C1CCN(C(=O)OC(C)(C)C)CC1)c1ccco1. The van der Waals surface area contributed by atoms with Gasteiger partial charge in [-0.1, -0.05) is 0 Å². The summed E-state index contributed by atoms with van der Waals surface area (Å²) in [6, 6.07) is 3.49. The first-order chi connectivity index (χ1) is 10.8. The van der Waals surface area contributed by atoms with Gasteiger partial charge in [0.1, 0.15) is 11.4 Å². The molecule has 1 aliphatic rings. The highest BCUT2D eigenvalue weighted by Gasteiger charge is 2.30. The molecule has 2 heterocycles. The van der Waals surface area contributed by atoms with Crippen LogP contribution in [-0.4, -0.2) is 35.6 Å². The Bertz CT molecular complexity index is 525. The van der Waals surface area contributed by atoms with Gasteiger partial charge in [0, 0.05) is 19.0 Å². The first-order valence-electron chi connectivity index (χ1n) is 8.08. The Morgan fingerprint density at radius 1 is 1.35 bits per heavy atom. The Morgan fingerprint density at radius 2 is 2.00 bits per heavy atom. The summed E-state index contributed by atoms with van der Waals surface area (Å²) in [6.07, 6.45) is 2.59. The molecule has 2 amide bonds. The molecule has 1 saturated heterocycles. The maximum absolute atomic E-state index is 12.3. The third-order valence-electron chi connectivity index (χ3n) is 3.85. The average molecular weight is 322 g/mol. The quantitative estimate of drug-likeness (QED) is 0.928. The highest BCUT2D eigenvalue weighted by atomic mass is 16.6. The molecule has 0 bridgehead atoms. The fraction of sp³-hybridized carbons (Fsp3) is 0.647. The molecule has 1 atom stereocenters. The largest absolute Gasteiger partial charge is 0.467 e. The van der Waals surface area contributed by atoms with E-state index in [2.05, 4.69) is 5.32 Å². The van der Waals surface area contributed by atoms with Gasteiger partial charge in [-0.05, 0) is 52.7 Å². The minimum Gasteiger partial charge on any atom is -0.467 e. The normalized spacial score (nSPS) is 17.7. The molecule has 128 valence electrons. The van der Waals surface area contributed by atoms with Crippen LogP contribution in [0.4, 0.5) is 4.79 Å². The minimum atomic E-state index is -0.496. The number of ether oxygens (including phenoxy) is 1. The molecule has 1 N–H and O–H groups in total. The van der Waals surface area contributed by atoms with Gasteiger partial charge in [0.05, 0.1) is 12.3 Å². The van der Waals surface area contributed by atoms with Gasteiger partial charge in [0.2, 0.25) is 5.91 Å². The van der Waals surface area contributed by atoms with Gasteiger partial charge in [-0.2, -0.15) is 0 Å². The number of hydrogen-bond donors (Lipinski definition) is 1. The number of nitrogens with zero attached hydrogens (tertiary/aromatic N) is 1. The minimum absolute atomic E-state index is 0.0118. The van der Waals surface area contributed by atoms with E-state index in [9.17, 15) is 9.59 Å². The van der Waals surface area contributed by atoms with E-state index in [0.29, 0.717) is 25.9 Å². The van der Waals surface area contributed by atoms with Crippen LogP contribution in [0.1, 0.15) is 52.3 Å². The Labute approximate surface area is 137 Å². The zero-order valence-electron chi connectivity index (χ0n) is 14.3. The Hall–Kier alpha value is -1.98. The summed E-state index contributed by atoms with van der Waals surface area (Å²) in [4.78, 5) is 26.0. The lowest BCUT2D eigenvalue weighted by atomic mass is 9.96. The zero-order chi connectivity index (χ0) is 17.0. The summed E-state index contributed by atoms with van der Waals surface area (Å²) in [7, 11) is 0. The second kappa shape index (κ2) is 7.06. The van der Waals surface area contributed by atoms with Crippen LogP contribution >= 0.6 is 0 Å². The molecule has 1 aromatic heterocycles. The fourth-order valence-corrected chi connectivity index (χ4v) is 2.59. The molecule has 23 heavy (non-hydrogen) atoms. The summed E-state index contributed by atoms with van der Waals surface area (Å²) >= 11 is 0. The lowest BCUT2D eigenvalue weighted by Gasteiger charge is -2.33. The van der Waals surface area contributed by atoms with Gasteiger partial charge in [-0.3, -0.25) is 4.79 Å². The summed E-state index contributed by atoms with van der Waals surface area (Å²) in [5, 5.41) is 2.97. The average Bonchev–Trinajstić information content (AvgIpc) is 3.00. The van der Waals surface area contributed by atoms with Crippen molar-refractivity contribution in [2.45, 2.75) is 52.2 Å². The van der Waals surface area contributed by atoms with Crippen molar-refractivity contribution in [1.29, 1.82) is 0 Å². The van der Waals surface area contributed by atoms with Crippen LogP contribution in [-0.2, 0) is 9.53 Å². The number of amides is 2. The fourth-order valence-electron chi connectivity index (χ4n) is 2.59. The van der Waals surface area contributed by atoms with Gasteiger partial charge in [0.15, 0.2) is 0 Å². The molecule has 0 spiro atoms.